The summed E-state index contributed by atoms with van der Waals surface area (Å²) in [5.41, 5.74) is 10.3. The normalized spacial score (nSPS) is 12.1. The second-order valence-corrected chi connectivity index (χ2v) is 6.17. The number of rotatable bonds is 7. The molecule has 0 aliphatic rings. The summed E-state index contributed by atoms with van der Waals surface area (Å²) in [6.07, 6.45) is 7.88. The van der Waals surface area contributed by atoms with Gasteiger partial charge in [0, 0.05) is 30.7 Å². The van der Waals surface area contributed by atoms with E-state index in [2.05, 4.69) is 31.1 Å². The standard InChI is InChI=1S/C17H25N5O/c1-12(2)15-7-14(5-4-6-23)17-20-16(10-21(17)9-15)11-22(19)8-13(3)18/h6-10,12H,4-5,11,18-19H2,1-3H3/b13-8-. The van der Waals surface area contributed by atoms with E-state index >= 15 is 0 Å². The summed E-state index contributed by atoms with van der Waals surface area (Å²) >= 11 is 0. The van der Waals surface area contributed by atoms with Gasteiger partial charge in [-0.1, -0.05) is 19.9 Å². The van der Waals surface area contributed by atoms with Crippen molar-refractivity contribution in [3.05, 3.63) is 47.2 Å². The van der Waals surface area contributed by atoms with E-state index in [0.717, 1.165) is 23.2 Å². The van der Waals surface area contributed by atoms with Crippen LogP contribution >= 0.6 is 0 Å². The largest absolute Gasteiger partial charge is 0.401 e. The smallest absolute Gasteiger partial charge is 0.140 e. The fraction of sp³-hybridized carbons (Fsp3) is 0.412. The monoisotopic (exact) mass is 315 g/mol. The second-order valence-electron chi connectivity index (χ2n) is 6.17. The van der Waals surface area contributed by atoms with Gasteiger partial charge in [0.2, 0.25) is 0 Å². The number of aldehydes is 1. The summed E-state index contributed by atoms with van der Waals surface area (Å²) in [6, 6.07) is 2.14. The molecule has 6 nitrogen and oxygen atoms in total. The van der Waals surface area contributed by atoms with Crippen molar-refractivity contribution in [3.8, 4) is 0 Å². The number of nitrogens with two attached hydrogens (primary N) is 2. The summed E-state index contributed by atoms with van der Waals surface area (Å²) in [6.45, 7) is 6.56. The minimum Gasteiger partial charge on any atom is -0.401 e. The molecule has 0 aliphatic carbocycles. The number of fused-ring (bicyclic) bond motifs is 1. The maximum absolute atomic E-state index is 10.7. The highest BCUT2D eigenvalue weighted by Crippen LogP contribution is 2.21. The van der Waals surface area contributed by atoms with Crippen molar-refractivity contribution in [1.29, 1.82) is 0 Å². The van der Waals surface area contributed by atoms with Gasteiger partial charge in [-0.2, -0.15) is 0 Å². The molecule has 0 amide bonds. The number of carbonyl (C=O) groups is 1. The van der Waals surface area contributed by atoms with Crippen LogP contribution in [0.5, 0.6) is 0 Å². The number of hydrogen-bond donors (Lipinski definition) is 2. The molecule has 124 valence electrons. The van der Waals surface area contributed by atoms with Crippen LogP contribution in [0.4, 0.5) is 0 Å². The molecular weight excluding hydrogens is 290 g/mol. The number of carbonyl (C=O) groups excluding carboxylic acids is 1. The number of imidazole rings is 1. The van der Waals surface area contributed by atoms with Crippen molar-refractivity contribution < 1.29 is 4.79 Å². The van der Waals surface area contributed by atoms with Gasteiger partial charge in [-0.15, -0.1) is 0 Å². The van der Waals surface area contributed by atoms with Crippen LogP contribution in [0.15, 0.2) is 30.4 Å². The molecule has 0 fully saturated rings. The van der Waals surface area contributed by atoms with Crippen LogP contribution in [0.1, 0.15) is 49.9 Å². The highest BCUT2D eigenvalue weighted by atomic mass is 16.1. The second kappa shape index (κ2) is 7.28. The van der Waals surface area contributed by atoms with Crippen LogP contribution in [0, 0.1) is 0 Å². The Hall–Kier alpha value is -2.34. The fourth-order valence-electron chi connectivity index (χ4n) is 2.53. The number of hydrogen-bond acceptors (Lipinski definition) is 5. The van der Waals surface area contributed by atoms with Crippen molar-refractivity contribution in [3.63, 3.8) is 0 Å². The first-order valence-corrected chi connectivity index (χ1v) is 7.80. The molecule has 0 atom stereocenters. The minimum atomic E-state index is 0.411. The van der Waals surface area contributed by atoms with Crippen molar-refractivity contribution in [2.45, 2.75) is 46.1 Å². The first-order valence-electron chi connectivity index (χ1n) is 7.80. The Labute approximate surface area is 136 Å². The zero-order valence-corrected chi connectivity index (χ0v) is 14.0. The van der Waals surface area contributed by atoms with Gasteiger partial charge in [0.15, 0.2) is 0 Å². The number of allylic oxidation sites excluding steroid dienone is 1. The Balaban J connectivity index is 2.39. The van der Waals surface area contributed by atoms with E-state index in [1.54, 1.807) is 13.1 Å². The average molecular weight is 315 g/mol. The highest BCUT2D eigenvalue weighted by molar-refractivity contribution is 5.55. The van der Waals surface area contributed by atoms with Crippen molar-refractivity contribution in [2.75, 3.05) is 0 Å². The molecule has 0 spiro atoms. The molecule has 2 aromatic heterocycles. The lowest BCUT2D eigenvalue weighted by molar-refractivity contribution is -0.107. The number of pyridine rings is 1. The van der Waals surface area contributed by atoms with E-state index in [4.69, 9.17) is 11.6 Å². The molecule has 2 heterocycles. The van der Waals surface area contributed by atoms with Gasteiger partial charge in [-0.3, -0.25) is 0 Å². The average Bonchev–Trinajstić information content (AvgIpc) is 2.85. The van der Waals surface area contributed by atoms with E-state index in [1.165, 1.54) is 10.6 Å². The van der Waals surface area contributed by atoms with Crippen LogP contribution < -0.4 is 11.6 Å². The summed E-state index contributed by atoms with van der Waals surface area (Å²) in [4.78, 5) is 15.4. The predicted octanol–water partition coefficient (Wildman–Crippen LogP) is 2.08. The molecule has 0 aromatic carbocycles. The predicted molar refractivity (Wildman–Crippen MR) is 91.3 cm³/mol. The van der Waals surface area contributed by atoms with Crippen LogP contribution in [-0.4, -0.2) is 20.7 Å². The van der Waals surface area contributed by atoms with Crippen LogP contribution in [0.25, 0.3) is 5.65 Å². The third-order valence-corrected chi connectivity index (χ3v) is 3.61. The quantitative estimate of drug-likeness (QED) is 0.464. The van der Waals surface area contributed by atoms with Gasteiger partial charge >= 0.3 is 0 Å². The van der Waals surface area contributed by atoms with E-state index < -0.39 is 0 Å². The van der Waals surface area contributed by atoms with Crippen LogP contribution in [-0.2, 0) is 17.8 Å². The van der Waals surface area contributed by atoms with E-state index in [9.17, 15) is 4.79 Å². The van der Waals surface area contributed by atoms with Crippen molar-refractivity contribution in [2.24, 2.45) is 11.6 Å². The molecular formula is C17H25N5O. The summed E-state index contributed by atoms with van der Waals surface area (Å²) in [7, 11) is 0. The molecule has 0 bridgehead atoms. The Morgan fingerprint density at radius 3 is 2.78 bits per heavy atom. The third kappa shape index (κ3) is 4.32. The first kappa shape index (κ1) is 17.0. The minimum absolute atomic E-state index is 0.411. The van der Waals surface area contributed by atoms with Crippen molar-refractivity contribution >= 4 is 11.9 Å². The van der Waals surface area contributed by atoms with Crippen LogP contribution in [0.2, 0.25) is 0 Å². The van der Waals surface area contributed by atoms with E-state index in [1.807, 2.05) is 10.6 Å². The lowest BCUT2D eigenvalue weighted by Crippen LogP contribution is -2.25. The Bertz CT molecular complexity index is 713. The zero-order valence-electron chi connectivity index (χ0n) is 14.0. The van der Waals surface area contributed by atoms with Gasteiger partial charge in [0.25, 0.3) is 0 Å². The molecule has 0 radical (unpaired) electrons. The topological polar surface area (TPSA) is 89.6 Å². The van der Waals surface area contributed by atoms with Crippen molar-refractivity contribution in [1.82, 2.24) is 14.4 Å². The molecule has 4 N–H and O–H groups in total. The molecule has 0 saturated heterocycles. The number of nitrogens with zero attached hydrogens (tertiary/aromatic N) is 3. The molecule has 2 aromatic rings. The van der Waals surface area contributed by atoms with Gasteiger partial charge in [0.05, 0.1) is 12.2 Å². The highest BCUT2D eigenvalue weighted by Gasteiger charge is 2.11. The fourth-order valence-corrected chi connectivity index (χ4v) is 2.53. The maximum Gasteiger partial charge on any atom is 0.140 e. The van der Waals surface area contributed by atoms with E-state index in [-0.39, 0.29) is 0 Å². The Morgan fingerprint density at radius 2 is 2.17 bits per heavy atom. The Morgan fingerprint density at radius 1 is 1.43 bits per heavy atom. The van der Waals surface area contributed by atoms with E-state index in [0.29, 0.717) is 31.0 Å². The molecule has 0 saturated carbocycles. The Kier molecular flexibility index (Phi) is 5.39. The number of aryl methyl sites for hydroxylation is 1. The summed E-state index contributed by atoms with van der Waals surface area (Å²) in [5.74, 6) is 6.32. The van der Waals surface area contributed by atoms with Gasteiger partial charge in [0.1, 0.15) is 11.9 Å². The summed E-state index contributed by atoms with van der Waals surface area (Å²) in [5, 5.41) is 1.52. The van der Waals surface area contributed by atoms with Crippen LogP contribution in [0.3, 0.4) is 0 Å². The first-order chi connectivity index (χ1) is 10.9. The van der Waals surface area contributed by atoms with Gasteiger partial charge in [-0.05, 0) is 30.4 Å². The van der Waals surface area contributed by atoms with Gasteiger partial charge in [-0.25, -0.2) is 10.8 Å². The molecule has 2 rings (SSSR count). The summed E-state index contributed by atoms with van der Waals surface area (Å²) < 4.78 is 2.03. The third-order valence-electron chi connectivity index (χ3n) is 3.61. The lowest BCUT2D eigenvalue weighted by Gasteiger charge is -2.11. The zero-order chi connectivity index (χ0) is 17.0. The molecule has 6 heteroatoms. The lowest BCUT2D eigenvalue weighted by atomic mass is 10.0. The number of hydrazine groups is 1. The maximum atomic E-state index is 10.7. The van der Waals surface area contributed by atoms with Gasteiger partial charge < -0.3 is 19.9 Å². The molecule has 23 heavy (non-hydrogen) atoms. The molecule has 0 aliphatic heterocycles. The number of aromatic nitrogens is 2. The SMILES string of the molecule is C/C(N)=C/N(N)Cc1cn2cc(C(C)C)cc(CCC=O)c2n1. The molecule has 0 unspecified atom stereocenters.